The minimum atomic E-state index is -3.00. The van der Waals surface area contributed by atoms with Gasteiger partial charge in [0.1, 0.15) is 11.4 Å². The molecule has 0 fully saturated rings. The molecule has 0 unspecified atom stereocenters. The Kier molecular flexibility index (Phi) is 5.81. The highest BCUT2D eigenvalue weighted by atomic mass is 35.5. The molecule has 0 aliphatic rings. The molecule has 0 saturated heterocycles. The standard InChI is InChI=1S/C18H14Cl2F2N4O2/c1-9-7-10(2)26(25-9)15-6-4-12(19)16(24-15)17(27)23-11-3-5-14(13(20)8-11)28-18(21)22/h3-8,18H,1-2H3,(H,23,27). The van der Waals surface area contributed by atoms with E-state index in [9.17, 15) is 13.6 Å². The predicted octanol–water partition coefficient (Wildman–Crippen LogP) is 5.04. The van der Waals surface area contributed by atoms with E-state index in [4.69, 9.17) is 23.2 Å². The normalized spacial score (nSPS) is 11.0. The molecule has 0 radical (unpaired) electrons. The average Bonchev–Trinajstić information content (AvgIpc) is 2.95. The smallest absolute Gasteiger partial charge is 0.387 e. The Labute approximate surface area is 169 Å². The minimum absolute atomic E-state index is 0.0178. The van der Waals surface area contributed by atoms with Crippen LogP contribution in [0, 0.1) is 13.8 Å². The van der Waals surface area contributed by atoms with Crippen LogP contribution >= 0.6 is 23.2 Å². The van der Waals surface area contributed by atoms with Gasteiger partial charge in [-0.25, -0.2) is 9.67 Å². The number of rotatable bonds is 5. The SMILES string of the molecule is Cc1cc(C)n(-c2ccc(Cl)c(C(=O)Nc3ccc(OC(F)F)c(Cl)c3)n2)n1. The molecule has 6 nitrogen and oxygen atoms in total. The van der Waals surface area contributed by atoms with Crippen molar-refractivity contribution in [1.82, 2.24) is 14.8 Å². The Balaban J connectivity index is 1.85. The van der Waals surface area contributed by atoms with Crippen molar-refractivity contribution in [3.63, 3.8) is 0 Å². The van der Waals surface area contributed by atoms with Crippen molar-refractivity contribution in [3.05, 3.63) is 63.5 Å². The van der Waals surface area contributed by atoms with E-state index in [1.54, 1.807) is 16.8 Å². The number of anilines is 1. The zero-order valence-corrected chi connectivity index (χ0v) is 16.2. The minimum Gasteiger partial charge on any atom is -0.433 e. The number of nitrogens with one attached hydrogen (secondary N) is 1. The molecule has 0 saturated carbocycles. The number of hydrogen-bond acceptors (Lipinski definition) is 4. The highest BCUT2D eigenvalue weighted by molar-refractivity contribution is 6.34. The van der Waals surface area contributed by atoms with Gasteiger partial charge in [-0.3, -0.25) is 4.79 Å². The van der Waals surface area contributed by atoms with E-state index in [2.05, 4.69) is 20.1 Å². The molecule has 0 atom stereocenters. The number of carbonyl (C=O) groups is 1. The van der Waals surface area contributed by atoms with E-state index in [0.29, 0.717) is 5.82 Å². The van der Waals surface area contributed by atoms with Gasteiger partial charge in [0.2, 0.25) is 0 Å². The van der Waals surface area contributed by atoms with Gasteiger partial charge in [0.15, 0.2) is 5.82 Å². The summed E-state index contributed by atoms with van der Waals surface area (Å²) in [5.41, 5.74) is 1.91. The Morgan fingerprint density at radius 3 is 2.50 bits per heavy atom. The van der Waals surface area contributed by atoms with Gasteiger partial charge >= 0.3 is 6.61 Å². The zero-order valence-electron chi connectivity index (χ0n) is 14.7. The van der Waals surface area contributed by atoms with Gasteiger partial charge in [-0.1, -0.05) is 23.2 Å². The summed E-state index contributed by atoms with van der Waals surface area (Å²) in [6.07, 6.45) is 0. The van der Waals surface area contributed by atoms with Crippen LogP contribution in [-0.4, -0.2) is 27.3 Å². The zero-order chi connectivity index (χ0) is 20.4. The molecular formula is C18H14Cl2F2N4O2. The number of halogens is 4. The van der Waals surface area contributed by atoms with E-state index in [0.717, 1.165) is 11.4 Å². The number of pyridine rings is 1. The van der Waals surface area contributed by atoms with E-state index >= 15 is 0 Å². The summed E-state index contributed by atoms with van der Waals surface area (Å²) < 4.78 is 30.5. The van der Waals surface area contributed by atoms with Gasteiger partial charge in [-0.2, -0.15) is 13.9 Å². The lowest BCUT2D eigenvalue weighted by molar-refractivity contribution is -0.0497. The fraction of sp³-hybridized carbons (Fsp3) is 0.167. The topological polar surface area (TPSA) is 69.0 Å². The summed E-state index contributed by atoms with van der Waals surface area (Å²) in [6.45, 7) is 0.706. The Bertz CT molecular complexity index is 1040. The first-order chi connectivity index (χ1) is 13.2. The van der Waals surface area contributed by atoms with Crippen molar-refractivity contribution in [1.29, 1.82) is 0 Å². The maximum atomic E-state index is 12.6. The molecule has 2 aromatic heterocycles. The van der Waals surface area contributed by atoms with Gasteiger partial charge in [-0.15, -0.1) is 0 Å². The Morgan fingerprint density at radius 1 is 1.14 bits per heavy atom. The molecule has 0 bridgehead atoms. The quantitative estimate of drug-likeness (QED) is 0.619. The van der Waals surface area contributed by atoms with Crippen molar-refractivity contribution >= 4 is 34.8 Å². The number of benzene rings is 1. The number of hydrogen-bond donors (Lipinski definition) is 1. The molecule has 3 aromatic rings. The van der Waals surface area contributed by atoms with Crippen LogP contribution in [0.5, 0.6) is 5.75 Å². The van der Waals surface area contributed by atoms with Crippen LogP contribution in [0.25, 0.3) is 5.82 Å². The summed E-state index contributed by atoms with van der Waals surface area (Å²) in [5.74, 6) is -0.358. The third kappa shape index (κ3) is 4.40. The fourth-order valence-corrected chi connectivity index (χ4v) is 2.95. The molecule has 1 amide bonds. The molecule has 0 spiro atoms. The van der Waals surface area contributed by atoms with Crippen molar-refractivity contribution in [2.24, 2.45) is 0 Å². The molecule has 0 aliphatic heterocycles. The predicted molar refractivity (Wildman–Crippen MR) is 102 cm³/mol. The van der Waals surface area contributed by atoms with Crippen molar-refractivity contribution in [2.75, 3.05) is 5.32 Å². The highest BCUT2D eigenvalue weighted by Gasteiger charge is 2.17. The monoisotopic (exact) mass is 426 g/mol. The third-order valence-electron chi connectivity index (χ3n) is 3.68. The lowest BCUT2D eigenvalue weighted by atomic mass is 10.2. The Hall–Kier alpha value is -2.71. The van der Waals surface area contributed by atoms with Crippen LogP contribution in [-0.2, 0) is 0 Å². The molecule has 3 rings (SSSR count). The van der Waals surface area contributed by atoms with E-state index in [1.165, 1.54) is 18.2 Å². The Morgan fingerprint density at radius 2 is 1.89 bits per heavy atom. The van der Waals surface area contributed by atoms with Crippen LogP contribution in [0.15, 0.2) is 36.4 Å². The number of carbonyl (C=O) groups excluding carboxylic acids is 1. The average molecular weight is 427 g/mol. The van der Waals surface area contributed by atoms with Gasteiger partial charge in [0, 0.05) is 11.4 Å². The van der Waals surface area contributed by atoms with E-state index in [1.807, 2.05) is 19.9 Å². The highest BCUT2D eigenvalue weighted by Crippen LogP contribution is 2.29. The number of aryl methyl sites for hydroxylation is 2. The second-order valence-electron chi connectivity index (χ2n) is 5.82. The lowest BCUT2D eigenvalue weighted by Crippen LogP contribution is -2.16. The third-order valence-corrected chi connectivity index (χ3v) is 4.28. The van der Waals surface area contributed by atoms with E-state index in [-0.39, 0.29) is 27.2 Å². The molecule has 1 N–H and O–H groups in total. The number of ether oxygens (including phenoxy) is 1. The first kappa shape index (κ1) is 20.0. The molecule has 0 aliphatic carbocycles. The molecule has 10 heteroatoms. The second-order valence-corrected chi connectivity index (χ2v) is 6.63. The largest absolute Gasteiger partial charge is 0.433 e. The summed E-state index contributed by atoms with van der Waals surface area (Å²) in [7, 11) is 0. The molecule has 1 aromatic carbocycles. The summed E-state index contributed by atoms with van der Waals surface area (Å²) in [6, 6.07) is 8.95. The molecule has 146 valence electrons. The van der Waals surface area contributed by atoms with Gasteiger partial charge < -0.3 is 10.1 Å². The van der Waals surface area contributed by atoms with Crippen molar-refractivity contribution < 1.29 is 18.3 Å². The van der Waals surface area contributed by atoms with Crippen LogP contribution in [0.2, 0.25) is 10.0 Å². The molecular weight excluding hydrogens is 413 g/mol. The van der Waals surface area contributed by atoms with Gasteiger partial charge in [0.05, 0.1) is 15.7 Å². The second kappa shape index (κ2) is 8.12. The first-order valence-electron chi connectivity index (χ1n) is 8.00. The maximum Gasteiger partial charge on any atom is 0.387 e. The molecule has 28 heavy (non-hydrogen) atoms. The van der Waals surface area contributed by atoms with Crippen molar-refractivity contribution in [3.8, 4) is 11.6 Å². The summed E-state index contributed by atoms with van der Waals surface area (Å²) in [5, 5.41) is 6.97. The first-order valence-corrected chi connectivity index (χ1v) is 8.76. The fourth-order valence-electron chi connectivity index (χ4n) is 2.53. The van der Waals surface area contributed by atoms with Gasteiger partial charge in [-0.05, 0) is 50.2 Å². The number of amides is 1. The molecule has 2 heterocycles. The van der Waals surface area contributed by atoms with E-state index < -0.39 is 12.5 Å². The van der Waals surface area contributed by atoms with Gasteiger partial charge in [0.25, 0.3) is 5.91 Å². The number of nitrogens with zero attached hydrogens (tertiary/aromatic N) is 3. The number of alkyl halides is 2. The van der Waals surface area contributed by atoms with Crippen molar-refractivity contribution in [2.45, 2.75) is 20.5 Å². The summed E-state index contributed by atoms with van der Waals surface area (Å²) >= 11 is 12.0. The van der Waals surface area contributed by atoms with Crippen LogP contribution in [0.4, 0.5) is 14.5 Å². The maximum absolute atomic E-state index is 12.6. The van der Waals surface area contributed by atoms with Crippen LogP contribution in [0.1, 0.15) is 21.9 Å². The summed E-state index contributed by atoms with van der Waals surface area (Å²) in [4.78, 5) is 16.9. The lowest BCUT2D eigenvalue weighted by Gasteiger charge is -2.11. The number of aromatic nitrogens is 3. The van der Waals surface area contributed by atoms with Crippen LogP contribution in [0.3, 0.4) is 0 Å². The van der Waals surface area contributed by atoms with Crippen LogP contribution < -0.4 is 10.1 Å².